The van der Waals surface area contributed by atoms with E-state index in [1.165, 1.54) is 0 Å². The van der Waals surface area contributed by atoms with Crippen molar-refractivity contribution in [2.24, 2.45) is 0 Å². The van der Waals surface area contributed by atoms with Gasteiger partial charge in [0.15, 0.2) is 5.60 Å². The van der Waals surface area contributed by atoms with Crippen molar-refractivity contribution in [3.8, 4) is 11.5 Å². The highest BCUT2D eigenvalue weighted by atomic mass is 35.5. The van der Waals surface area contributed by atoms with Gasteiger partial charge < -0.3 is 19.1 Å². The molecule has 0 radical (unpaired) electrons. The molecule has 0 saturated heterocycles. The first-order valence-electron chi connectivity index (χ1n) is 11.5. The van der Waals surface area contributed by atoms with Crippen molar-refractivity contribution in [1.29, 1.82) is 0 Å². The van der Waals surface area contributed by atoms with Gasteiger partial charge in [-0.05, 0) is 49.7 Å². The molecular weight excluding hydrogens is 466 g/mol. The average molecular weight is 490 g/mol. The summed E-state index contributed by atoms with van der Waals surface area (Å²) in [5.41, 5.74) is 2.54. The first-order valence-corrected chi connectivity index (χ1v) is 11.8. The zero-order valence-electron chi connectivity index (χ0n) is 19.3. The van der Waals surface area contributed by atoms with Crippen LogP contribution < -0.4 is 9.64 Å². The number of rotatable bonds is 7. The summed E-state index contributed by atoms with van der Waals surface area (Å²) >= 11 is 6.36. The van der Waals surface area contributed by atoms with E-state index in [9.17, 15) is 9.59 Å². The van der Waals surface area contributed by atoms with E-state index in [4.69, 9.17) is 25.8 Å². The fourth-order valence-electron chi connectivity index (χ4n) is 4.79. The minimum absolute atomic E-state index is 0.312. The third-order valence-corrected chi connectivity index (χ3v) is 6.62. The molecule has 6 nitrogen and oxygen atoms in total. The molecular formula is C28H24ClNO5. The third kappa shape index (κ3) is 3.84. The van der Waals surface area contributed by atoms with Crippen molar-refractivity contribution in [1.82, 2.24) is 0 Å². The van der Waals surface area contributed by atoms with Crippen molar-refractivity contribution in [2.45, 2.75) is 18.9 Å². The number of carbonyl (C=O) groups is 2. The molecule has 3 aromatic carbocycles. The van der Waals surface area contributed by atoms with Crippen LogP contribution in [0.25, 0.3) is 0 Å². The first kappa shape index (κ1) is 23.0. The number of esters is 2. The van der Waals surface area contributed by atoms with Crippen LogP contribution in [0.3, 0.4) is 0 Å². The van der Waals surface area contributed by atoms with E-state index >= 15 is 0 Å². The summed E-state index contributed by atoms with van der Waals surface area (Å²) in [4.78, 5) is 26.4. The summed E-state index contributed by atoms with van der Waals surface area (Å²) in [7, 11) is 0. The van der Waals surface area contributed by atoms with Gasteiger partial charge in [0.1, 0.15) is 11.5 Å². The van der Waals surface area contributed by atoms with Gasteiger partial charge >= 0.3 is 11.9 Å². The highest BCUT2D eigenvalue weighted by molar-refractivity contribution is 6.30. The molecule has 1 atom stereocenters. The lowest BCUT2D eigenvalue weighted by molar-refractivity contribution is -0.137. The Labute approximate surface area is 208 Å². The molecule has 2 heterocycles. The van der Waals surface area contributed by atoms with E-state index in [0.717, 1.165) is 29.4 Å². The van der Waals surface area contributed by atoms with Crippen LogP contribution >= 0.6 is 11.6 Å². The summed E-state index contributed by atoms with van der Waals surface area (Å²) in [6.45, 7) is 7.23. The molecule has 7 heteroatoms. The van der Waals surface area contributed by atoms with Gasteiger partial charge in [-0.3, -0.25) is 0 Å². The quantitative estimate of drug-likeness (QED) is 0.235. The molecule has 2 aliphatic rings. The zero-order valence-corrected chi connectivity index (χ0v) is 20.0. The van der Waals surface area contributed by atoms with Gasteiger partial charge in [0, 0.05) is 52.6 Å². The van der Waals surface area contributed by atoms with Crippen LogP contribution in [-0.2, 0) is 19.9 Å². The fourth-order valence-corrected chi connectivity index (χ4v) is 4.96. The Hall–Kier alpha value is -3.77. The summed E-state index contributed by atoms with van der Waals surface area (Å²) in [5.74, 6) is 0.389. The number of benzene rings is 3. The Bertz CT molecular complexity index is 1340. The number of halogens is 1. The number of hydrogen-bond acceptors (Lipinski definition) is 6. The van der Waals surface area contributed by atoms with Crippen LogP contribution in [0, 0.1) is 0 Å². The molecule has 0 aromatic heterocycles. The van der Waals surface area contributed by atoms with Gasteiger partial charge in [0.25, 0.3) is 0 Å². The Morgan fingerprint density at radius 1 is 1.09 bits per heavy atom. The van der Waals surface area contributed by atoms with Gasteiger partial charge in [-0.25, -0.2) is 9.59 Å². The molecule has 0 fully saturated rings. The highest BCUT2D eigenvalue weighted by Crippen LogP contribution is 2.56. The van der Waals surface area contributed by atoms with Gasteiger partial charge in [-0.1, -0.05) is 36.4 Å². The lowest BCUT2D eigenvalue weighted by Crippen LogP contribution is -2.33. The predicted octanol–water partition coefficient (Wildman–Crippen LogP) is 5.85. The summed E-state index contributed by atoms with van der Waals surface area (Å²) in [6, 6.07) is 18.7. The molecule has 35 heavy (non-hydrogen) atoms. The third-order valence-electron chi connectivity index (χ3n) is 6.39. The normalized spacial score (nSPS) is 17.0. The van der Waals surface area contributed by atoms with E-state index in [1.54, 1.807) is 24.3 Å². The van der Waals surface area contributed by atoms with Crippen LogP contribution in [0.4, 0.5) is 5.69 Å². The van der Waals surface area contributed by atoms with Crippen LogP contribution in [0.1, 0.15) is 40.4 Å². The average Bonchev–Trinajstić information content (AvgIpc) is 3.17. The largest absolute Gasteiger partial charge is 0.462 e. The van der Waals surface area contributed by atoms with E-state index in [-0.39, 0.29) is 5.97 Å². The SMILES string of the molecule is C=CC(=O)OCCCN(CC)c1ccc2c(c1)Oc1ccc(Cl)cc1C21OC(=O)c2ccccc21. The topological polar surface area (TPSA) is 65.1 Å². The lowest BCUT2D eigenvalue weighted by atomic mass is 9.77. The van der Waals surface area contributed by atoms with Gasteiger partial charge in [-0.2, -0.15) is 0 Å². The number of carbonyl (C=O) groups excluding carboxylic acids is 2. The standard InChI is InChI=1S/C28H24ClNO5/c1-3-26(31)33-15-7-14-30(4-2)19-11-12-22-25(17-19)34-24-13-10-18(29)16-23(24)28(22)21-9-6-5-8-20(21)27(32)35-28/h3,5-6,8-13,16-17H,1,4,7,14-15H2,2H3. The second kappa shape index (κ2) is 9.12. The molecule has 5 rings (SSSR count). The fraction of sp³-hybridized carbons (Fsp3) is 0.214. The maximum atomic E-state index is 12.9. The Balaban J connectivity index is 1.55. The molecule has 3 aromatic rings. The Morgan fingerprint density at radius 2 is 1.91 bits per heavy atom. The molecule has 2 aliphatic heterocycles. The minimum Gasteiger partial charge on any atom is -0.462 e. The number of fused-ring (bicyclic) bond motifs is 6. The number of hydrogen-bond donors (Lipinski definition) is 0. The van der Waals surface area contributed by atoms with Crippen LogP contribution in [0.15, 0.2) is 73.3 Å². The van der Waals surface area contributed by atoms with Gasteiger partial charge in [0.05, 0.1) is 12.2 Å². The summed E-state index contributed by atoms with van der Waals surface area (Å²) in [6.07, 6.45) is 1.83. The van der Waals surface area contributed by atoms with Crippen LogP contribution in [-0.4, -0.2) is 31.6 Å². The molecule has 0 amide bonds. The number of nitrogens with zero attached hydrogens (tertiary/aromatic N) is 1. The monoisotopic (exact) mass is 489 g/mol. The number of anilines is 1. The number of ether oxygens (including phenoxy) is 3. The minimum atomic E-state index is -1.14. The molecule has 1 spiro atoms. The Kier molecular flexibility index (Phi) is 5.99. The molecule has 0 bridgehead atoms. The van der Waals surface area contributed by atoms with Gasteiger partial charge in [-0.15, -0.1) is 0 Å². The maximum absolute atomic E-state index is 12.9. The van der Waals surface area contributed by atoms with Crippen molar-refractivity contribution in [2.75, 3.05) is 24.6 Å². The van der Waals surface area contributed by atoms with Crippen molar-refractivity contribution < 1.29 is 23.8 Å². The van der Waals surface area contributed by atoms with E-state index in [0.29, 0.717) is 47.2 Å². The van der Waals surface area contributed by atoms with Crippen molar-refractivity contribution in [3.63, 3.8) is 0 Å². The summed E-state index contributed by atoms with van der Waals surface area (Å²) < 4.78 is 17.6. The zero-order chi connectivity index (χ0) is 24.6. The molecule has 178 valence electrons. The van der Waals surface area contributed by atoms with Crippen molar-refractivity contribution >= 4 is 29.2 Å². The second-order valence-electron chi connectivity index (χ2n) is 8.34. The van der Waals surface area contributed by atoms with Crippen LogP contribution in [0.2, 0.25) is 5.02 Å². The van der Waals surface area contributed by atoms with Crippen molar-refractivity contribution in [3.05, 3.63) is 101 Å². The Morgan fingerprint density at radius 3 is 2.71 bits per heavy atom. The summed E-state index contributed by atoms with van der Waals surface area (Å²) in [5, 5.41) is 0.529. The molecule has 0 saturated carbocycles. The molecule has 1 unspecified atom stereocenters. The van der Waals surface area contributed by atoms with E-state index in [1.807, 2.05) is 36.4 Å². The lowest BCUT2D eigenvalue weighted by Gasteiger charge is -2.37. The maximum Gasteiger partial charge on any atom is 0.340 e. The predicted molar refractivity (Wildman–Crippen MR) is 133 cm³/mol. The van der Waals surface area contributed by atoms with Crippen LogP contribution in [0.5, 0.6) is 11.5 Å². The van der Waals surface area contributed by atoms with E-state index < -0.39 is 11.6 Å². The molecule has 0 N–H and O–H groups in total. The smallest absolute Gasteiger partial charge is 0.340 e. The van der Waals surface area contributed by atoms with Gasteiger partial charge in [0.2, 0.25) is 0 Å². The molecule has 0 aliphatic carbocycles. The highest BCUT2D eigenvalue weighted by Gasteiger charge is 2.53. The second-order valence-corrected chi connectivity index (χ2v) is 8.78. The first-order chi connectivity index (χ1) is 17.0. The van der Waals surface area contributed by atoms with E-state index in [2.05, 4.69) is 18.4 Å².